The van der Waals surface area contributed by atoms with Gasteiger partial charge in [-0.25, -0.2) is 4.79 Å². The van der Waals surface area contributed by atoms with Crippen molar-refractivity contribution in [2.24, 2.45) is 7.05 Å². The Morgan fingerprint density at radius 3 is 2.94 bits per heavy atom. The number of anilines is 1. The second-order valence-corrected chi connectivity index (χ2v) is 4.41. The maximum atomic E-state index is 11.6. The molecule has 0 aliphatic carbocycles. The highest BCUT2D eigenvalue weighted by Crippen LogP contribution is 2.10. The normalized spacial score (nSPS) is 12.2. The number of urea groups is 1. The molecule has 0 fully saturated rings. The number of aliphatic hydroxyl groups excluding tert-OH is 1. The molecule has 3 N–H and O–H groups in total. The van der Waals surface area contributed by atoms with E-state index in [4.69, 9.17) is 5.11 Å². The van der Waals surface area contributed by atoms with Gasteiger partial charge in [-0.2, -0.15) is 5.10 Å². The number of carbonyl (C=O) groups excluding carboxylic acids is 1. The van der Waals surface area contributed by atoms with Crippen LogP contribution in [-0.4, -0.2) is 33.6 Å². The van der Waals surface area contributed by atoms with Crippen LogP contribution in [0.15, 0.2) is 6.07 Å². The van der Waals surface area contributed by atoms with Crippen molar-refractivity contribution >= 4 is 11.8 Å². The van der Waals surface area contributed by atoms with Crippen LogP contribution in [0.3, 0.4) is 0 Å². The molecular formula is C12H22N4O2. The highest BCUT2D eigenvalue weighted by molar-refractivity contribution is 5.88. The summed E-state index contributed by atoms with van der Waals surface area (Å²) in [5.74, 6) is 0.674. The van der Waals surface area contributed by atoms with E-state index < -0.39 is 6.10 Å². The van der Waals surface area contributed by atoms with Crippen molar-refractivity contribution in [1.29, 1.82) is 0 Å². The van der Waals surface area contributed by atoms with Gasteiger partial charge >= 0.3 is 6.03 Å². The molecular weight excluding hydrogens is 232 g/mol. The quantitative estimate of drug-likeness (QED) is 0.715. The zero-order chi connectivity index (χ0) is 13.5. The number of rotatable bonds is 6. The minimum atomic E-state index is -0.404. The van der Waals surface area contributed by atoms with Gasteiger partial charge in [0.15, 0.2) is 0 Å². The average Bonchev–Trinajstić information content (AvgIpc) is 2.59. The van der Waals surface area contributed by atoms with Gasteiger partial charge < -0.3 is 10.4 Å². The lowest BCUT2D eigenvalue weighted by Crippen LogP contribution is -2.31. The van der Waals surface area contributed by atoms with E-state index in [0.29, 0.717) is 18.8 Å². The van der Waals surface area contributed by atoms with Crippen LogP contribution < -0.4 is 10.6 Å². The summed E-state index contributed by atoms with van der Waals surface area (Å²) in [7, 11) is 1.80. The number of nitrogens with zero attached hydrogens (tertiary/aromatic N) is 2. The third kappa shape index (κ3) is 4.75. The SMILES string of the molecule is CCCc1cc(NC(=O)NCCC(C)O)n(C)n1. The third-order valence-electron chi connectivity index (χ3n) is 2.53. The van der Waals surface area contributed by atoms with Crippen LogP contribution in [-0.2, 0) is 13.5 Å². The summed E-state index contributed by atoms with van der Waals surface area (Å²) >= 11 is 0. The van der Waals surface area contributed by atoms with Crippen LogP contribution in [0.5, 0.6) is 0 Å². The van der Waals surface area contributed by atoms with Crippen molar-refractivity contribution in [2.75, 3.05) is 11.9 Å². The fourth-order valence-corrected chi connectivity index (χ4v) is 1.58. The van der Waals surface area contributed by atoms with Crippen molar-refractivity contribution in [3.63, 3.8) is 0 Å². The molecule has 18 heavy (non-hydrogen) atoms. The van der Waals surface area contributed by atoms with Gasteiger partial charge in [0.2, 0.25) is 0 Å². The number of carbonyl (C=O) groups is 1. The van der Waals surface area contributed by atoms with Crippen molar-refractivity contribution < 1.29 is 9.90 Å². The first-order chi connectivity index (χ1) is 8.52. The lowest BCUT2D eigenvalue weighted by Gasteiger charge is -2.08. The minimum Gasteiger partial charge on any atom is -0.393 e. The predicted octanol–water partition coefficient (Wildman–Crippen LogP) is 1.27. The largest absolute Gasteiger partial charge is 0.393 e. The van der Waals surface area contributed by atoms with E-state index in [1.165, 1.54) is 0 Å². The van der Waals surface area contributed by atoms with E-state index in [2.05, 4.69) is 22.7 Å². The van der Waals surface area contributed by atoms with Gasteiger partial charge in [0, 0.05) is 19.7 Å². The average molecular weight is 254 g/mol. The first kappa shape index (κ1) is 14.5. The molecule has 0 radical (unpaired) electrons. The molecule has 0 bridgehead atoms. The molecule has 1 rings (SSSR count). The molecule has 0 aromatic carbocycles. The Labute approximate surface area is 107 Å². The summed E-state index contributed by atoms with van der Waals surface area (Å²) in [4.78, 5) is 11.6. The highest BCUT2D eigenvalue weighted by Gasteiger charge is 2.08. The molecule has 0 saturated heterocycles. The van der Waals surface area contributed by atoms with Crippen LogP contribution in [0.2, 0.25) is 0 Å². The van der Waals surface area contributed by atoms with Crippen molar-refractivity contribution in [3.8, 4) is 0 Å². The van der Waals surface area contributed by atoms with Crippen LogP contribution in [0, 0.1) is 0 Å². The predicted molar refractivity (Wildman–Crippen MR) is 70.5 cm³/mol. The summed E-state index contributed by atoms with van der Waals surface area (Å²) < 4.78 is 1.65. The molecule has 0 spiro atoms. The molecule has 6 nitrogen and oxygen atoms in total. The van der Waals surface area contributed by atoms with E-state index in [1.54, 1.807) is 18.7 Å². The highest BCUT2D eigenvalue weighted by atomic mass is 16.3. The van der Waals surface area contributed by atoms with Crippen molar-refractivity contribution in [2.45, 2.75) is 39.2 Å². The second-order valence-electron chi connectivity index (χ2n) is 4.41. The molecule has 1 unspecified atom stereocenters. The Morgan fingerprint density at radius 1 is 1.61 bits per heavy atom. The Bertz CT molecular complexity index is 387. The number of aliphatic hydroxyl groups is 1. The first-order valence-corrected chi connectivity index (χ1v) is 6.28. The van der Waals surface area contributed by atoms with E-state index >= 15 is 0 Å². The molecule has 2 amide bonds. The summed E-state index contributed by atoms with van der Waals surface area (Å²) in [6, 6.07) is 1.60. The Kier molecular flexibility index (Phi) is 5.64. The van der Waals surface area contributed by atoms with Gasteiger partial charge in [-0.3, -0.25) is 10.00 Å². The standard InChI is InChI=1S/C12H22N4O2/c1-4-5-10-8-11(16(3)15-10)14-12(18)13-7-6-9(2)17/h8-9,17H,4-7H2,1-3H3,(H2,13,14,18). The maximum absolute atomic E-state index is 11.6. The maximum Gasteiger partial charge on any atom is 0.320 e. The monoisotopic (exact) mass is 254 g/mol. The summed E-state index contributed by atoms with van der Waals surface area (Å²) in [6.07, 6.45) is 2.06. The Hall–Kier alpha value is -1.56. The fourth-order valence-electron chi connectivity index (χ4n) is 1.58. The Morgan fingerprint density at radius 2 is 2.33 bits per heavy atom. The number of aryl methyl sites for hydroxylation is 2. The van der Waals surface area contributed by atoms with E-state index in [9.17, 15) is 4.79 Å². The Balaban J connectivity index is 2.43. The summed E-state index contributed by atoms with van der Waals surface area (Å²) in [5, 5.41) is 18.8. The second kappa shape index (κ2) is 7.00. The lowest BCUT2D eigenvalue weighted by atomic mass is 10.2. The van der Waals surface area contributed by atoms with E-state index in [1.807, 2.05) is 6.07 Å². The van der Waals surface area contributed by atoms with Gasteiger partial charge in [0.1, 0.15) is 5.82 Å². The fraction of sp³-hybridized carbons (Fsp3) is 0.667. The minimum absolute atomic E-state index is 0.276. The van der Waals surface area contributed by atoms with Crippen LogP contribution in [0.25, 0.3) is 0 Å². The van der Waals surface area contributed by atoms with Gasteiger partial charge in [-0.15, -0.1) is 0 Å². The van der Waals surface area contributed by atoms with E-state index in [0.717, 1.165) is 18.5 Å². The number of hydrogen-bond donors (Lipinski definition) is 3. The van der Waals surface area contributed by atoms with E-state index in [-0.39, 0.29) is 6.03 Å². The summed E-state index contributed by atoms with van der Waals surface area (Å²) in [6.45, 7) is 4.23. The number of aromatic nitrogens is 2. The smallest absolute Gasteiger partial charge is 0.320 e. The van der Waals surface area contributed by atoms with Crippen LogP contribution in [0.1, 0.15) is 32.4 Å². The van der Waals surface area contributed by atoms with Crippen LogP contribution >= 0.6 is 0 Å². The molecule has 1 aromatic rings. The van der Waals surface area contributed by atoms with Gasteiger partial charge in [-0.1, -0.05) is 13.3 Å². The topological polar surface area (TPSA) is 79.2 Å². The van der Waals surface area contributed by atoms with Gasteiger partial charge in [-0.05, 0) is 19.8 Å². The molecule has 0 aliphatic heterocycles. The molecule has 6 heteroatoms. The van der Waals surface area contributed by atoms with Crippen molar-refractivity contribution in [3.05, 3.63) is 11.8 Å². The number of hydrogen-bond acceptors (Lipinski definition) is 3. The zero-order valence-corrected chi connectivity index (χ0v) is 11.2. The van der Waals surface area contributed by atoms with Gasteiger partial charge in [0.05, 0.1) is 11.8 Å². The zero-order valence-electron chi connectivity index (χ0n) is 11.2. The molecule has 102 valence electrons. The molecule has 1 atom stereocenters. The number of nitrogens with one attached hydrogen (secondary N) is 2. The van der Waals surface area contributed by atoms with Crippen molar-refractivity contribution in [1.82, 2.24) is 15.1 Å². The lowest BCUT2D eigenvalue weighted by molar-refractivity contribution is 0.184. The number of amides is 2. The molecule has 1 heterocycles. The van der Waals surface area contributed by atoms with Crippen LogP contribution in [0.4, 0.5) is 10.6 Å². The molecule has 0 aliphatic rings. The van der Waals surface area contributed by atoms with Gasteiger partial charge in [0.25, 0.3) is 0 Å². The first-order valence-electron chi connectivity index (χ1n) is 6.28. The third-order valence-corrected chi connectivity index (χ3v) is 2.53. The summed E-state index contributed by atoms with van der Waals surface area (Å²) in [5.41, 5.74) is 0.972. The molecule has 1 aromatic heterocycles. The molecule has 0 saturated carbocycles.